The van der Waals surface area contributed by atoms with Gasteiger partial charge in [-0.3, -0.25) is 0 Å². The summed E-state index contributed by atoms with van der Waals surface area (Å²) in [5, 5.41) is 2.89. The Morgan fingerprint density at radius 2 is 1.79 bits per heavy atom. The fourth-order valence-corrected chi connectivity index (χ4v) is 1.53. The van der Waals surface area contributed by atoms with E-state index >= 15 is 0 Å². The molecule has 0 saturated heterocycles. The lowest BCUT2D eigenvalue weighted by atomic mass is 10.1. The van der Waals surface area contributed by atoms with Crippen molar-refractivity contribution in [3.8, 4) is 0 Å². The van der Waals surface area contributed by atoms with E-state index in [1.807, 2.05) is 20.8 Å². The highest BCUT2D eigenvalue weighted by Gasteiger charge is 2.32. The quantitative estimate of drug-likeness (QED) is 0.643. The molecule has 0 bridgehead atoms. The van der Waals surface area contributed by atoms with Crippen LogP contribution in [0.2, 0.25) is 0 Å². The summed E-state index contributed by atoms with van der Waals surface area (Å²) in [5.41, 5.74) is 4.77. The predicted molar refractivity (Wildman–Crippen MR) is 69.7 cm³/mol. The van der Waals surface area contributed by atoms with Gasteiger partial charge in [0.25, 0.3) is 0 Å². The van der Waals surface area contributed by atoms with Gasteiger partial charge in [0.2, 0.25) is 0 Å². The highest BCUT2D eigenvalue weighted by atomic mass is 19.4. The lowest BCUT2D eigenvalue weighted by molar-refractivity contribution is -0.138. The van der Waals surface area contributed by atoms with Gasteiger partial charge in [0.05, 0.1) is 12.1 Å². The van der Waals surface area contributed by atoms with E-state index in [2.05, 4.69) is 10.3 Å². The second-order valence-corrected chi connectivity index (χ2v) is 5.23. The standard InChI is InChI=1S/C13H18F3N3/c1-12(2,3)19-11(17)18-8-9-6-4-5-7-10(9)13(14,15)16/h4-7H,8H2,1-3H3,(H3,17,18,19). The maximum absolute atomic E-state index is 12.7. The monoisotopic (exact) mass is 273 g/mol. The Morgan fingerprint density at radius 3 is 2.32 bits per heavy atom. The number of aliphatic imine (C=N–C) groups is 1. The van der Waals surface area contributed by atoms with Gasteiger partial charge < -0.3 is 11.1 Å². The topological polar surface area (TPSA) is 50.4 Å². The predicted octanol–water partition coefficient (Wildman–Crippen LogP) is 2.91. The number of rotatable bonds is 2. The van der Waals surface area contributed by atoms with E-state index in [0.717, 1.165) is 6.07 Å². The van der Waals surface area contributed by atoms with Crippen LogP contribution in [0.5, 0.6) is 0 Å². The molecule has 0 radical (unpaired) electrons. The molecule has 0 atom stereocenters. The van der Waals surface area contributed by atoms with Gasteiger partial charge in [0.15, 0.2) is 5.96 Å². The van der Waals surface area contributed by atoms with E-state index in [1.54, 1.807) is 6.07 Å². The molecule has 0 fully saturated rings. The second-order valence-electron chi connectivity index (χ2n) is 5.23. The first kappa shape index (κ1) is 15.3. The van der Waals surface area contributed by atoms with Crippen LogP contribution in [0, 0.1) is 0 Å². The highest BCUT2D eigenvalue weighted by molar-refractivity contribution is 5.78. The van der Waals surface area contributed by atoms with Crippen LogP contribution in [0.1, 0.15) is 31.9 Å². The smallest absolute Gasteiger partial charge is 0.370 e. The summed E-state index contributed by atoms with van der Waals surface area (Å²) in [6.07, 6.45) is -4.38. The first-order valence-corrected chi connectivity index (χ1v) is 5.83. The van der Waals surface area contributed by atoms with Crippen LogP contribution in [-0.4, -0.2) is 11.5 Å². The molecule has 0 aromatic heterocycles. The molecule has 3 N–H and O–H groups in total. The lowest BCUT2D eigenvalue weighted by Gasteiger charge is -2.21. The minimum atomic E-state index is -4.38. The molecule has 3 nitrogen and oxygen atoms in total. The van der Waals surface area contributed by atoms with E-state index in [-0.39, 0.29) is 23.6 Å². The molecule has 0 saturated carbocycles. The molecule has 6 heteroatoms. The van der Waals surface area contributed by atoms with Crippen molar-refractivity contribution in [2.24, 2.45) is 10.7 Å². The van der Waals surface area contributed by atoms with Crippen LogP contribution in [0.25, 0.3) is 0 Å². The van der Waals surface area contributed by atoms with Crippen molar-refractivity contribution in [1.29, 1.82) is 0 Å². The first-order valence-electron chi connectivity index (χ1n) is 5.83. The number of alkyl halides is 3. The number of guanidine groups is 1. The van der Waals surface area contributed by atoms with Gasteiger partial charge in [0, 0.05) is 5.54 Å². The normalized spacial score (nSPS) is 13.5. The van der Waals surface area contributed by atoms with Gasteiger partial charge in [-0.2, -0.15) is 13.2 Å². The number of nitrogens with one attached hydrogen (secondary N) is 1. The molecule has 0 aliphatic rings. The Kier molecular flexibility index (Phi) is 4.44. The molecule has 0 unspecified atom stereocenters. The van der Waals surface area contributed by atoms with Crippen LogP contribution in [0.4, 0.5) is 13.2 Å². The number of hydrogen-bond acceptors (Lipinski definition) is 1. The van der Waals surface area contributed by atoms with Crippen LogP contribution in [-0.2, 0) is 12.7 Å². The van der Waals surface area contributed by atoms with Gasteiger partial charge in [-0.1, -0.05) is 18.2 Å². The zero-order chi connectivity index (χ0) is 14.7. The molecule has 0 aliphatic carbocycles. The lowest BCUT2D eigenvalue weighted by Crippen LogP contribution is -2.45. The summed E-state index contributed by atoms with van der Waals surface area (Å²) in [6.45, 7) is 5.56. The van der Waals surface area contributed by atoms with Crippen LogP contribution in [0.15, 0.2) is 29.3 Å². The third-order valence-corrected chi connectivity index (χ3v) is 2.25. The maximum Gasteiger partial charge on any atom is 0.416 e. The van der Waals surface area contributed by atoms with Gasteiger partial charge in [0.1, 0.15) is 0 Å². The number of nitrogens with two attached hydrogens (primary N) is 1. The van der Waals surface area contributed by atoms with E-state index in [4.69, 9.17) is 5.73 Å². The average Bonchev–Trinajstić information content (AvgIpc) is 2.23. The van der Waals surface area contributed by atoms with Crippen LogP contribution >= 0.6 is 0 Å². The highest BCUT2D eigenvalue weighted by Crippen LogP contribution is 2.32. The Hall–Kier alpha value is -1.72. The molecule has 1 aromatic rings. The van der Waals surface area contributed by atoms with Crippen molar-refractivity contribution < 1.29 is 13.2 Å². The van der Waals surface area contributed by atoms with Crippen molar-refractivity contribution in [3.05, 3.63) is 35.4 Å². The van der Waals surface area contributed by atoms with E-state index < -0.39 is 11.7 Å². The van der Waals surface area contributed by atoms with E-state index in [9.17, 15) is 13.2 Å². The molecule has 0 heterocycles. The number of halogens is 3. The van der Waals surface area contributed by atoms with Gasteiger partial charge in [-0.05, 0) is 32.4 Å². The molecule has 0 spiro atoms. The Labute approximate surface area is 110 Å². The zero-order valence-corrected chi connectivity index (χ0v) is 11.2. The summed E-state index contributed by atoms with van der Waals surface area (Å²) < 4.78 is 38.2. The Bertz CT molecular complexity index is 459. The zero-order valence-electron chi connectivity index (χ0n) is 11.2. The van der Waals surface area contributed by atoms with Crippen molar-refractivity contribution in [2.75, 3.05) is 0 Å². The van der Waals surface area contributed by atoms with Crippen LogP contribution in [0.3, 0.4) is 0 Å². The fraction of sp³-hybridized carbons (Fsp3) is 0.462. The summed E-state index contributed by atoms with van der Waals surface area (Å²) in [7, 11) is 0. The third kappa shape index (κ3) is 5.19. The minimum absolute atomic E-state index is 0.105. The molecule has 0 amide bonds. The molecular formula is C13H18F3N3. The number of benzene rings is 1. The molecule has 106 valence electrons. The number of hydrogen-bond donors (Lipinski definition) is 2. The Balaban J connectivity index is 2.87. The number of nitrogens with zero attached hydrogens (tertiary/aromatic N) is 1. The van der Waals surface area contributed by atoms with Crippen molar-refractivity contribution >= 4 is 5.96 Å². The van der Waals surface area contributed by atoms with Crippen LogP contribution < -0.4 is 11.1 Å². The van der Waals surface area contributed by atoms with Crippen molar-refractivity contribution in [1.82, 2.24) is 5.32 Å². The SMILES string of the molecule is CC(C)(C)NC(N)=NCc1ccccc1C(F)(F)F. The second kappa shape index (κ2) is 5.50. The molecule has 1 aromatic carbocycles. The molecule has 0 aliphatic heterocycles. The van der Waals surface area contributed by atoms with Gasteiger partial charge in [-0.15, -0.1) is 0 Å². The van der Waals surface area contributed by atoms with E-state index in [0.29, 0.717) is 0 Å². The van der Waals surface area contributed by atoms with Crippen molar-refractivity contribution in [2.45, 2.75) is 39.0 Å². The summed E-state index contributed by atoms with van der Waals surface area (Å²) >= 11 is 0. The molecule has 1 rings (SSSR count). The average molecular weight is 273 g/mol. The summed E-state index contributed by atoms with van der Waals surface area (Å²) in [6, 6.07) is 5.34. The summed E-state index contributed by atoms with van der Waals surface area (Å²) in [4.78, 5) is 3.94. The molecular weight excluding hydrogens is 255 g/mol. The summed E-state index contributed by atoms with van der Waals surface area (Å²) in [5.74, 6) is 0.129. The third-order valence-electron chi connectivity index (χ3n) is 2.25. The largest absolute Gasteiger partial charge is 0.416 e. The van der Waals surface area contributed by atoms with Gasteiger partial charge >= 0.3 is 6.18 Å². The van der Waals surface area contributed by atoms with E-state index in [1.165, 1.54) is 12.1 Å². The fourth-order valence-electron chi connectivity index (χ4n) is 1.53. The van der Waals surface area contributed by atoms with Gasteiger partial charge in [-0.25, -0.2) is 4.99 Å². The van der Waals surface area contributed by atoms with Crippen molar-refractivity contribution in [3.63, 3.8) is 0 Å². The molecule has 19 heavy (non-hydrogen) atoms. The first-order chi connectivity index (χ1) is 8.59. The Morgan fingerprint density at radius 1 is 1.21 bits per heavy atom. The minimum Gasteiger partial charge on any atom is -0.370 e. The maximum atomic E-state index is 12.7.